The van der Waals surface area contributed by atoms with Crippen LogP contribution in [0.3, 0.4) is 0 Å². The lowest BCUT2D eigenvalue weighted by Crippen LogP contribution is -1.79. The van der Waals surface area contributed by atoms with Gasteiger partial charge < -0.3 is 0 Å². The van der Waals surface area contributed by atoms with Crippen LogP contribution >= 0.6 is 0 Å². The lowest BCUT2D eigenvalue weighted by atomic mass is 10.1. The predicted octanol–water partition coefficient (Wildman–Crippen LogP) is 6.59. The summed E-state index contributed by atoms with van der Waals surface area (Å²) < 4.78 is 0. The van der Waals surface area contributed by atoms with Crippen molar-refractivity contribution in [1.29, 1.82) is 0 Å². The Kier molecular flexibility index (Phi) is 5.42. The molecule has 0 heterocycles. The van der Waals surface area contributed by atoms with E-state index in [1.54, 1.807) is 0 Å². The summed E-state index contributed by atoms with van der Waals surface area (Å²) in [6.07, 6.45) is 9.69. The Hall–Kier alpha value is -2.86. The maximum Gasteiger partial charge on any atom is -0.0256 e. The van der Waals surface area contributed by atoms with Crippen LogP contribution in [0, 0.1) is 0 Å². The second-order valence-corrected chi connectivity index (χ2v) is 5.84. The molecule has 0 saturated heterocycles. The Bertz CT molecular complexity index is 804. The van der Waals surface area contributed by atoms with E-state index in [0.717, 1.165) is 6.42 Å². The van der Waals surface area contributed by atoms with Crippen molar-refractivity contribution in [3.05, 3.63) is 107 Å². The fraction of sp³-hybridized carbons (Fsp3) is 0.0833. The van der Waals surface area contributed by atoms with Crippen LogP contribution in [0.1, 0.15) is 34.7 Å². The van der Waals surface area contributed by atoms with Crippen LogP contribution in [0.15, 0.2) is 78.9 Å². The van der Waals surface area contributed by atoms with E-state index in [9.17, 15) is 0 Å². The maximum atomic E-state index is 2.19. The van der Waals surface area contributed by atoms with Crippen LogP contribution in [0.2, 0.25) is 0 Å². The molecule has 0 aliphatic carbocycles. The van der Waals surface area contributed by atoms with Crippen LogP contribution in [-0.2, 0) is 6.42 Å². The summed E-state index contributed by atoms with van der Waals surface area (Å²) in [5.74, 6) is 0. The predicted molar refractivity (Wildman–Crippen MR) is 107 cm³/mol. The smallest absolute Gasteiger partial charge is 0.0256 e. The molecule has 3 aromatic carbocycles. The molecule has 0 spiro atoms. The van der Waals surface area contributed by atoms with Gasteiger partial charge >= 0.3 is 0 Å². The summed E-state index contributed by atoms with van der Waals surface area (Å²) in [6, 6.07) is 27.7. The summed E-state index contributed by atoms with van der Waals surface area (Å²) in [5.41, 5.74) is 6.26. The number of hydrogen-bond acceptors (Lipinski definition) is 0. The van der Waals surface area contributed by atoms with Crippen molar-refractivity contribution in [1.82, 2.24) is 0 Å². The van der Waals surface area contributed by atoms with Gasteiger partial charge in [0.2, 0.25) is 0 Å². The molecular weight excluding hydrogens is 288 g/mol. The first-order chi connectivity index (χ1) is 11.8. The highest BCUT2D eigenvalue weighted by atomic mass is 14.0. The van der Waals surface area contributed by atoms with Gasteiger partial charge in [-0.2, -0.15) is 0 Å². The zero-order valence-electron chi connectivity index (χ0n) is 14.0. The van der Waals surface area contributed by atoms with Gasteiger partial charge in [0.1, 0.15) is 0 Å². The van der Waals surface area contributed by atoms with Gasteiger partial charge in [-0.1, -0.05) is 110 Å². The quantitative estimate of drug-likeness (QED) is 0.466. The molecule has 0 saturated carbocycles. The van der Waals surface area contributed by atoms with Crippen LogP contribution in [0.5, 0.6) is 0 Å². The van der Waals surface area contributed by atoms with E-state index in [2.05, 4.69) is 104 Å². The Balaban J connectivity index is 1.65. The third-order valence-electron chi connectivity index (χ3n) is 4.06. The van der Waals surface area contributed by atoms with Gasteiger partial charge in [-0.05, 0) is 34.2 Å². The van der Waals surface area contributed by atoms with Crippen LogP contribution in [-0.4, -0.2) is 0 Å². The van der Waals surface area contributed by atoms with Crippen LogP contribution in [0.4, 0.5) is 0 Å². The van der Waals surface area contributed by atoms with E-state index in [1.807, 2.05) is 6.07 Å². The first-order valence-electron chi connectivity index (χ1n) is 8.44. The molecule has 0 aliphatic heterocycles. The Morgan fingerprint density at radius 3 is 1.29 bits per heavy atom. The van der Waals surface area contributed by atoms with Crippen molar-refractivity contribution in [3.63, 3.8) is 0 Å². The molecule has 0 radical (unpaired) electrons. The monoisotopic (exact) mass is 310 g/mol. The van der Waals surface area contributed by atoms with Crippen molar-refractivity contribution in [3.8, 4) is 0 Å². The molecule has 24 heavy (non-hydrogen) atoms. The summed E-state index contributed by atoms with van der Waals surface area (Å²) in [4.78, 5) is 0. The largest absolute Gasteiger partial charge is 0.0622 e. The average molecular weight is 310 g/mol. The number of benzene rings is 3. The number of rotatable bonds is 5. The molecule has 0 unspecified atom stereocenters. The first-order valence-corrected chi connectivity index (χ1v) is 8.44. The Morgan fingerprint density at radius 1 is 0.500 bits per heavy atom. The standard InChI is InChI=1S/C24H22/c1-2-20-8-10-22(11-9-20)14-15-24-18-16-23(17-19-24)13-12-21-6-4-3-5-7-21/h3-19H,2H2,1H3. The highest BCUT2D eigenvalue weighted by Gasteiger charge is 1.92. The topological polar surface area (TPSA) is 0 Å². The highest BCUT2D eigenvalue weighted by Crippen LogP contribution is 2.13. The van der Waals surface area contributed by atoms with Gasteiger partial charge in [-0.15, -0.1) is 0 Å². The van der Waals surface area contributed by atoms with Crippen LogP contribution < -0.4 is 0 Å². The molecule has 3 rings (SSSR count). The first kappa shape index (κ1) is 16.0. The third kappa shape index (κ3) is 4.57. The van der Waals surface area contributed by atoms with Gasteiger partial charge in [-0.25, -0.2) is 0 Å². The lowest BCUT2D eigenvalue weighted by molar-refractivity contribution is 1.14. The van der Waals surface area contributed by atoms with Crippen molar-refractivity contribution in [2.75, 3.05) is 0 Å². The summed E-state index contributed by atoms with van der Waals surface area (Å²) >= 11 is 0. The average Bonchev–Trinajstić information content (AvgIpc) is 2.67. The molecule has 0 nitrogen and oxygen atoms in total. The van der Waals surface area contributed by atoms with Gasteiger partial charge in [0.25, 0.3) is 0 Å². The minimum Gasteiger partial charge on any atom is -0.0622 e. The molecule has 0 amide bonds. The molecule has 3 aromatic rings. The minimum absolute atomic E-state index is 1.09. The van der Waals surface area contributed by atoms with E-state index in [0.29, 0.717) is 0 Å². The third-order valence-corrected chi connectivity index (χ3v) is 4.06. The molecule has 0 atom stereocenters. The molecule has 0 aromatic heterocycles. The Labute approximate surface area is 144 Å². The van der Waals surface area contributed by atoms with E-state index >= 15 is 0 Å². The van der Waals surface area contributed by atoms with Gasteiger partial charge in [0.15, 0.2) is 0 Å². The zero-order chi connectivity index (χ0) is 16.6. The lowest BCUT2D eigenvalue weighted by Gasteiger charge is -1.99. The van der Waals surface area contributed by atoms with Crippen molar-refractivity contribution >= 4 is 24.3 Å². The second-order valence-electron chi connectivity index (χ2n) is 5.84. The van der Waals surface area contributed by atoms with Crippen LogP contribution in [0.25, 0.3) is 24.3 Å². The van der Waals surface area contributed by atoms with Crippen molar-refractivity contribution in [2.24, 2.45) is 0 Å². The van der Waals surface area contributed by atoms with E-state index < -0.39 is 0 Å². The fourth-order valence-corrected chi connectivity index (χ4v) is 2.53. The molecular formula is C24H22. The van der Waals surface area contributed by atoms with Gasteiger partial charge in [-0.3, -0.25) is 0 Å². The minimum atomic E-state index is 1.09. The summed E-state index contributed by atoms with van der Waals surface area (Å²) in [5, 5.41) is 0. The molecule has 0 fully saturated rings. The second kappa shape index (κ2) is 8.12. The van der Waals surface area contributed by atoms with E-state index in [-0.39, 0.29) is 0 Å². The fourth-order valence-electron chi connectivity index (χ4n) is 2.53. The molecule has 0 bridgehead atoms. The maximum absolute atomic E-state index is 2.19. The molecule has 118 valence electrons. The summed E-state index contributed by atoms with van der Waals surface area (Å²) in [7, 11) is 0. The number of hydrogen-bond donors (Lipinski definition) is 0. The summed E-state index contributed by atoms with van der Waals surface area (Å²) in [6.45, 7) is 2.18. The van der Waals surface area contributed by atoms with E-state index in [4.69, 9.17) is 0 Å². The van der Waals surface area contributed by atoms with Crippen molar-refractivity contribution in [2.45, 2.75) is 13.3 Å². The molecule has 0 heteroatoms. The Morgan fingerprint density at radius 2 is 0.875 bits per heavy atom. The van der Waals surface area contributed by atoms with Crippen molar-refractivity contribution < 1.29 is 0 Å². The van der Waals surface area contributed by atoms with Gasteiger partial charge in [0.05, 0.1) is 0 Å². The molecule has 0 aliphatic rings. The number of aryl methyl sites for hydroxylation is 1. The van der Waals surface area contributed by atoms with Gasteiger partial charge in [0, 0.05) is 0 Å². The SMILES string of the molecule is CCc1ccc(C=Cc2ccc(C=Cc3ccccc3)cc2)cc1. The van der Waals surface area contributed by atoms with E-state index in [1.165, 1.54) is 27.8 Å². The highest BCUT2D eigenvalue weighted by molar-refractivity contribution is 5.73. The normalized spacial score (nSPS) is 11.4. The zero-order valence-corrected chi connectivity index (χ0v) is 14.0. The molecule has 0 N–H and O–H groups in total.